The summed E-state index contributed by atoms with van der Waals surface area (Å²) in [7, 11) is -3.21. The van der Waals surface area contributed by atoms with Gasteiger partial charge in [0.15, 0.2) is 9.84 Å². The van der Waals surface area contributed by atoms with E-state index >= 15 is 0 Å². The Bertz CT molecular complexity index is 743. The van der Waals surface area contributed by atoms with Crippen LogP contribution in [0.1, 0.15) is 11.3 Å². The molecule has 2 rings (SSSR count). The molecule has 2 aromatic rings. The van der Waals surface area contributed by atoms with Crippen molar-refractivity contribution in [3.05, 3.63) is 53.9 Å². The summed E-state index contributed by atoms with van der Waals surface area (Å²) in [5.41, 5.74) is 1.31. The quantitative estimate of drug-likeness (QED) is 0.808. The van der Waals surface area contributed by atoms with E-state index in [0.29, 0.717) is 11.4 Å². The van der Waals surface area contributed by atoms with Gasteiger partial charge in [-0.1, -0.05) is 18.1 Å². The fourth-order valence-electron chi connectivity index (χ4n) is 1.58. The van der Waals surface area contributed by atoms with Gasteiger partial charge in [0.25, 0.3) is 0 Å². The van der Waals surface area contributed by atoms with Gasteiger partial charge in [0.2, 0.25) is 0 Å². The van der Waals surface area contributed by atoms with Crippen LogP contribution >= 0.6 is 0 Å². The highest BCUT2D eigenvalue weighted by atomic mass is 32.2. The Hall–Kier alpha value is -2.32. The third-order valence-electron chi connectivity index (χ3n) is 2.62. The van der Waals surface area contributed by atoms with Crippen LogP contribution in [-0.4, -0.2) is 19.7 Å². The van der Waals surface area contributed by atoms with Crippen LogP contribution in [0.15, 0.2) is 47.5 Å². The fourth-order valence-corrected chi connectivity index (χ4v) is 2.27. The van der Waals surface area contributed by atoms with Crippen molar-refractivity contribution in [3.63, 3.8) is 0 Å². The summed E-state index contributed by atoms with van der Waals surface area (Å²) in [6, 6.07) is 10.1. The lowest BCUT2D eigenvalue weighted by Crippen LogP contribution is -2.00. The maximum atomic E-state index is 11.5. The number of hydrogen-bond donors (Lipinski definition) is 0. The second-order valence-electron chi connectivity index (χ2n) is 4.23. The smallest absolute Gasteiger partial charge is 0.175 e. The normalized spacial score (nSPS) is 10.8. The lowest BCUT2D eigenvalue weighted by atomic mass is 10.2. The molecule has 0 fully saturated rings. The van der Waals surface area contributed by atoms with Gasteiger partial charge in [-0.05, 0) is 29.8 Å². The number of sulfone groups is 1. The molecule has 0 aliphatic rings. The fraction of sp³-hybridized carbons (Fsp3) is 0.133. The van der Waals surface area contributed by atoms with E-state index in [9.17, 15) is 8.42 Å². The molecule has 0 atom stereocenters. The van der Waals surface area contributed by atoms with Crippen LogP contribution in [0, 0.1) is 12.3 Å². The van der Waals surface area contributed by atoms with E-state index in [2.05, 4.69) is 10.9 Å². The minimum Gasteiger partial charge on any atom is -0.487 e. The lowest BCUT2D eigenvalue weighted by molar-refractivity contribution is 0.304. The van der Waals surface area contributed by atoms with Gasteiger partial charge in [0.1, 0.15) is 18.1 Å². The van der Waals surface area contributed by atoms with Gasteiger partial charge in [-0.2, -0.15) is 0 Å². The maximum absolute atomic E-state index is 11.5. The molecule has 102 valence electrons. The van der Waals surface area contributed by atoms with E-state index < -0.39 is 9.84 Å². The van der Waals surface area contributed by atoms with Crippen LogP contribution in [0.25, 0.3) is 0 Å². The third kappa shape index (κ3) is 3.59. The van der Waals surface area contributed by atoms with Crippen molar-refractivity contribution in [2.24, 2.45) is 0 Å². The van der Waals surface area contributed by atoms with E-state index in [-0.39, 0.29) is 11.5 Å². The molecular formula is C15H13NO3S. The Morgan fingerprint density at radius 3 is 2.70 bits per heavy atom. The number of rotatable bonds is 4. The van der Waals surface area contributed by atoms with E-state index in [1.807, 2.05) is 0 Å². The molecule has 5 heteroatoms. The molecule has 20 heavy (non-hydrogen) atoms. The molecular weight excluding hydrogens is 274 g/mol. The first kappa shape index (κ1) is 14.1. The summed E-state index contributed by atoms with van der Waals surface area (Å²) in [6.45, 7) is 0.264. The van der Waals surface area contributed by atoms with Gasteiger partial charge in [-0.25, -0.2) is 13.4 Å². The topological polar surface area (TPSA) is 56.3 Å². The zero-order valence-corrected chi connectivity index (χ0v) is 11.7. The second kappa shape index (κ2) is 5.76. The van der Waals surface area contributed by atoms with E-state index in [0.717, 1.165) is 5.56 Å². The number of aromatic nitrogens is 1. The molecule has 0 spiro atoms. The minimum absolute atomic E-state index is 0.264. The molecule has 0 radical (unpaired) electrons. The van der Waals surface area contributed by atoms with Crippen molar-refractivity contribution in [3.8, 4) is 18.1 Å². The van der Waals surface area contributed by atoms with Crippen molar-refractivity contribution >= 4 is 9.84 Å². The first-order valence-corrected chi connectivity index (χ1v) is 7.72. The number of nitrogens with zero attached hydrogens (tertiary/aromatic N) is 1. The van der Waals surface area contributed by atoms with Gasteiger partial charge in [-0.15, -0.1) is 6.42 Å². The highest BCUT2D eigenvalue weighted by Gasteiger charge is 2.07. The molecule has 0 saturated heterocycles. The average molecular weight is 287 g/mol. The number of pyridine rings is 1. The Morgan fingerprint density at radius 2 is 2.10 bits per heavy atom. The van der Waals surface area contributed by atoms with Crippen LogP contribution in [0.4, 0.5) is 0 Å². The van der Waals surface area contributed by atoms with Crippen molar-refractivity contribution in [2.75, 3.05) is 6.26 Å². The zero-order chi connectivity index (χ0) is 14.6. The summed E-state index contributed by atoms with van der Waals surface area (Å²) >= 11 is 0. The molecule has 1 aromatic heterocycles. The number of ether oxygens (including phenoxy) is 1. The largest absolute Gasteiger partial charge is 0.487 e. The lowest BCUT2D eigenvalue weighted by Gasteiger charge is -2.07. The van der Waals surface area contributed by atoms with Gasteiger partial charge < -0.3 is 4.74 Å². The Labute approximate surface area is 118 Å². The van der Waals surface area contributed by atoms with Crippen LogP contribution in [0.2, 0.25) is 0 Å². The molecule has 0 amide bonds. The molecule has 0 bridgehead atoms. The first-order valence-electron chi connectivity index (χ1n) is 5.83. The second-order valence-corrected chi connectivity index (χ2v) is 6.25. The van der Waals surface area contributed by atoms with E-state index in [1.54, 1.807) is 36.4 Å². The Morgan fingerprint density at radius 1 is 1.30 bits per heavy atom. The van der Waals surface area contributed by atoms with Gasteiger partial charge in [0.05, 0.1) is 11.1 Å². The van der Waals surface area contributed by atoms with Crippen LogP contribution in [0.5, 0.6) is 5.75 Å². The maximum Gasteiger partial charge on any atom is 0.175 e. The van der Waals surface area contributed by atoms with Gasteiger partial charge in [-0.3, -0.25) is 0 Å². The summed E-state index contributed by atoms with van der Waals surface area (Å²) in [5, 5.41) is 0. The Balaban J connectivity index is 2.09. The molecule has 0 unspecified atom stereocenters. The SMILES string of the molecule is C#Cc1ccc(OCc2cccc(S(C)(=O)=O)c2)cn1. The molecule has 0 N–H and O–H groups in total. The summed E-state index contributed by atoms with van der Waals surface area (Å²) in [4.78, 5) is 4.29. The highest BCUT2D eigenvalue weighted by Crippen LogP contribution is 2.15. The van der Waals surface area contributed by atoms with Crippen molar-refractivity contribution in [1.29, 1.82) is 0 Å². The first-order chi connectivity index (χ1) is 9.49. The van der Waals surface area contributed by atoms with Crippen LogP contribution < -0.4 is 4.74 Å². The molecule has 1 aromatic carbocycles. The van der Waals surface area contributed by atoms with Gasteiger partial charge >= 0.3 is 0 Å². The molecule has 4 nitrogen and oxygen atoms in total. The predicted molar refractivity (Wildman–Crippen MR) is 76.1 cm³/mol. The molecule has 0 saturated carbocycles. The summed E-state index contributed by atoms with van der Waals surface area (Å²) in [6.07, 6.45) is 7.93. The summed E-state index contributed by atoms with van der Waals surface area (Å²) < 4.78 is 28.5. The van der Waals surface area contributed by atoms with E-state index in [1.165, 1.54) is 12.5 Å². The monoisotopic (exact) mass is 287 g/mol. The average Bonchev–Trinajstić information content (AvgIpc) is 2.45. The Kier molecular flexibility index (Phi) is 4.06. The van der Waals surface area contributed by atoms with Crippen LogP contribution in [-0.2, 0) is 16.4 Å². The van der Waals surface area contributed by atoms with Crippen molar-refractivity contribution in [1.82, 2.24) is 4.98 Å². The molecule has 0 aliphatic carbocycles. The molecule has 1 heterocycles. The zero-order valence-electron chi connectivity index (χ0n) is 10.9. The van der Waals surface area contributed by atoms with Crippen molar-refractivity contribution in [2.45, 2.75) is 11.5 Å². The van der Waals surface area contributed by atoms with Crippen molar-refractivity contribution < 1.29 is 13.2 Å². The number of terminal acetylenes is 1. The predicted octanol–water partition coefficient (Wildman–Crippen LogP) is 2.05. The number of hydrogen-bond acceptors (Lipinski definition) is 4. The van der Waals surface area contributed by atoms with E-state index in [4.69, 9.17) is 11.2 Å². The van der Waals surface area contributed by atoms with Gasteiger partial charge in [0, 0.05) is 6.26 Å². The number of benzene rings is 1. The standard InChI is InChI=1S/C15H13NO3S/c1-3-13-7-8-14(10-16-13)19-11-12-5-4-6-15(9-12)20(2,17)18/h1,4-10H,11H2,2H3. The van der Waals surface area contributed by atoms with Crippen LogP contribution in [0.3, 0.4) is 0 Å². The highest BCUT2D eigenvalue weighted by molar-refractivity contribution is 7.90. The minimum atomic E-state index is -3.21. The summed E-state index contributed by atoms with van der Waals surface area (Å²) in [5.74, 6) is 3.00. The molecule has 0 aliphatic heterocycles. The third-order valence-corrected chi connectivity index (χ3v) is 3.73.